The Balaban J connectivity index is 1.82. The molecule has 100 valence electrons. The van der Waals surface area contributed by atoms with Crippen LogP contribution >= 0.6 is 0 Å². The van der Waals surface area contributed by atoms with E-state index in [0.29, 0.717) is 31.0 Å². The Bertz CT molecular complexity index is 508. The van der Waals surface area contributed by atoms with Crippen LogP contribution in [0.1, 0.15) is 21.8 Å². The van der Waals surface area contributed by atoms with Gasteiger partial charge in [-0.1, -0.05) is 17.3 Å². The van der Waals surface area contributed by atoms with Crippen molar-refractivity contribution in [3.8, 4) is 0 Å². The van der Waals surface area contributed by atoms with Gasteiger partial charge in [-0.25, -0.2) is 0 Å². The summed E-state index contributed by atoms with van der Waals surface area (Å²) < 4.78 is 4.84. The first kappa shape index (κ1) is 13.2. The highest BCUT2D eigenvalue weighted by Gasteiger charge is 2.06. The molecule has 0 unspecified atom stereocenters. The number of amides is 1. The molecule has 0 aliphatic rings. The smallest absolute Gasteiger partial charge is 0.251 e. The van der Waals surface area contributed by atoms with Gasteiger partial charge in [-0.15, -0.1) is 0 Å². The Labute approximate surface area is 111 Å². The number of nitrogens with one attached hydrogen (secondary N) is 1. The zero-order valence-electron chi connectivity index (χ0n) is 10.5. The summed E-state index contributed by atoms with van der Waals surface area (Å²) >= 11 is 0. The molecule has 0 aliphatic heterocycles. The van der Waals surface area contributed by atoms with E-state index in [0.717, 1.165) is 12.0 Å². The van der Waals surface area contributed by atoms with Gasteiger partial charge in [-0.3, -0.25) is 4.79 Å². The monoisotopic (exact) mass is 260 g/mol. The quantitative estimate of drug-likeness (QED) is 0.790. The topological polar surface area (TPSA) is 94.0 Å². The van der Waals surface area contributed by atoms with E-state index in [-0.39, 0.29) is 5.91 Å². The highest BCUT2D eigenvalue weighted by atomic mass is 16.5. The number of nitrogens with two attached hydrogens (primary N) is 1. The number of hydrogen-bond acceptors (Lipinski definition) is 5. The molecular formula is C13H16N4O2. The van der Waals surface area contributed by atoms with Crippen molar-refractivity contribution < 1.29 is 9.32 Å². The van der Waals surface area contributed by atoms with Crippen LogP contribution in [0.2, 0.25) is 0 Å². The first-order chi connectivity index (χ1) is 9.29. The zero-order chi connectivity index (χ0) is 13.5. The van der Waals surface area contributed by atoms with E-state index < -0.39 is 0 Å². The van der Waals surface area contributed by atoms with Gasteiger partial charge in [0.2, 0.25) is 5.89 Å². The van der Waals surface area contributed by atoms with Crippen LogP contribution in [0.25, 0.3) is 0 Å². The van der Waals surface area contributed by atoms with Crippen LogP contribution in [-0.2, 0) is 12.8 Å². The number of carbonyl (C=O) groups excluding carboxylic acids is 1. The molecule has 19 heavy (non-hydrogen) atoms. The molecule has 6 nitrogen and oxygen atoms in total. The lowest BCUT2D eigenvalue weighted by atomic mass is 10.1. The molecule has 0 saturated carbocycles. The van der Waals surface area contributed by atoms with Crippen molar-refractivity contribution >= 4 is 5.91 Å². The first-order valence-corrected chi connectivity index (χ1v) is 6.12. The van der Waals surface area contributed by atoms with Crippen LogP contribution in [-0.4, -0.2) is 29.1 Å². The predicted molar refractivity (Wildman–Crippen MR) is 69.5 cm³/mol. The predicted octanol–water partition coefficient (Wildman–Crippen LogP) is 0.543. The normalized spacial score (nSPS) is 10.4. The summed E-state index contributed by atoms with van der Waals surface area (Å²) in [4.78, 5) is 15.7. The number of benzene rings is 1. The van der Waals surface area contributed by atoms with E-state index >= 15 is 0 Å². The summed E-state index contributed by atoms with van der Waals surface area (Å²) in [6.45, 7) is 1.07. The molecule has 0 saturated heterocycles. The van der Waals surface area contributed by atoms with Crippen LogP contribution in [0, 0.1) is 0 Å². The van der Waals surface area contributed by atoms with Gasteiger partial charge in [-0.2, -0.15) is 4.98 Å². The lowest BCUT2D eigenvalue weighted by Gasteiger charge is -2.04. The molecule has 1 aromatic carbocycles. The minimum absolute atomic E-state index is 0.112. The van der Waals surface area contributed by atoms with Crippen LogP contribution in [0.15, 0.2) is 35.1 Å². The van der Waals surface area contributed by atoms with E-state index in [1.54, 1.807) is 12.1 Å². The van der Waals surface area contributed by atoms with Crippen LogP contribution in [0.4, 0.5) is 0 Å². The van der Waals surface area contributed by atoms with E-state index in [1.165, 1.54) is 6.33 Å². The van der Waals surface area contributed by atoms with Crippen molar-refractivity contribution in [3.05, 3.63) is 47.6 Å². The summed E-state index contributed by atoms with van der Waals surface area (Å²) in [5.41, 5.74) is 7.23. The maximum atomic E-state index is 11.8. The third-order valence-corrected chi connectivity index (χ3v) is 2.68. The lowest BCUT2D eigenvalue weighted by molar-refractivity contribution is 0.0953. The average Bonchev–Trinajstić information content (AvgIpc) is 2.93. The Hall–Kier alpha value is -2.21. The second-order valence-corrected chi connectivity index (χ2v) is 4.08. The molecule has 0 radical (unpaired) electrons. The van der Waals surface area contributed by atoms with Gasteiger partial charge in [0.1, 0.15) is 0 Å². The summed E-state index contributed by atoms with van der Waals surface area (Å²) in [6.07, 6.45) is 2.68. The zero-order valence-corrected chi connectivity index (χ0v) is 10.5. The number of aromatic nitrogens is 2. The first-order valence-electron chi connectivity index (χ1n) is 6.12. The Morgan fingerprint density at radius 1 is 1.26 bits per heavy atom. The number of rotatable bonds is 6. The molecule has 0 bridgehead atoms. The summed E-state index contributed by atoms with van der Waals surface area (Å²) in [5, 5.41) is 6.29. The Morgan fingerprint density at radius 2 is 2.05 bits per heavy atom. The minimum Gasteiger partial charge on any atom is -0.352 e. The van der Waals surface area contributed by atoms with Gasteiger partial charge in [0.05, 0.1) is 0 Å². The van der Waals surface area contributed by atoms with Crippen molar-refractivity contribution in [1.29, 1.82) is 0 Å². The second kappa shape index (κ2) is 6.65. The molecule has 6 heteroatoms. The van der Waals surface area contributed by atoms with Crippen molar-refractivity contribution in [2.45, 2.75) is 12.8 Å². The molecular weight excluding hydrogens is 244 g/mol. The number of carbonyl (C=O) groups is 1. The largest absolute Gasteiger partial charge is 0.352 e. The van der Waals surface area contributed by atoms with Crippen LogP contribution < -0.4 is 11.1 Å². The minimum atomic E-state index is -0.112. The molecule has 2 aromatic rings. The van der Waals surface area contributed by atoms with Gasteiger partial charge < -0.3 is 15.6 Å². The van der Waals surface area contributed by atoms with Crippen molar-refractivity contribution in [2.75, 3.05) is 13.1 Å². The second-order valence-electron chi connectivity index (χ2n) is 4.08. The van der Waals surface area contributed by atoms with E-state index in [9.17, 15) is 4.79 Å². The third-order valence-electron chi connectivity index (χ3n) is 2.68. The molecule has 0 aliphatic carbocycles. The van der Waals surface area contributed by atoms with Crippen molar-refractivity contribution in [2.24, 2.45) is 5.73 Å². The standard InChI is InChI=1S/C13H16N4O2/c14-7-5-10-1-3-11(4-2-10)13(18)15-8-6-12-16-9-17-19-12/h1-4,9H,5-8,14H2,(H,15,18). The van der Waals surface area contributed by atoms with Gasteiger partial charge in [0.25, 0.3) is 5.91 Å². The molecule has 0 spiro atoms. The highest BCUT2D eigenvalue weighted by Crippen LogP contribution is 2.04. The van der Waals surface area contributed by atoms with E-state index in [4.69, 9.17) is 10.3 Å². The van der Waals surface area contributed by atoms with Gasteiger partial charge in [0.15, 0.2) is 6.33 Å². The van der Waals surface area contributed by atoms with E-state index in [2.05, 4.69) is 15.5 Å². The number of hydrogen-bond donors (Lipinski definition) is 2. The molecule has 2 rings (SSSR count). The highest BCUT2D eigenvalue weighted by molar-refractivity contribution is 5.94. The molecule has 1 aromatic heterocycles. The van der Waals surface area contributed by atoms with Crippen molar-refractivity contribution in [1.82, 2.24) is 15.5 Å². The molecule has 3 N–H and O–H groups in total. The van der Waals surface area contributed by atoms with Gasteiger partial charge >= 0.3 is 0 Å². The average molecular weight is 260 g/mol. The fraction of sp³-hybridized carbons (Fsp3) is 0.308. The fourth-order valence-electron chi connectivity index (χ4n) is 1.68. The van der Waals surface area contributed by atoms with Crippen LogP contribution in [0.3, 0.4) is 0 Å². The molecule has 0 atom stereocenters. The van der Waals surface area contributed by atoms with Crippen molar-refractivity contribution in [3.63, 3.8) is 0 Å². The third kappa shape index (κ3) is 3.89. The summed E-state index contributed by atoms with van der Waals surface area (Å²) in [7, 11) is 0. The Morgan fingerprint density at radius 3 is 2.68 bits per heavy atom. The Kier molecular flexibility index (Phi) is 4.63. The fourth-order valence-corrected chi connectivity index (χ4v) is 1.68. The van der Waals surface area contributed by atoms with Crippen LogP contribution in [0.5, 0.6) is 0 Å². The molecule has 1 amide bonds. The lowest BCUT2D eigenvalue weighted by Crippen LogP contribution is -2.25. The van der Waals surface area contributed by atoms with Gasteiger partial charge in [-0.05, 0) is 30.7 Å². The maximum Gasteiger partial charge on any atom is 0.251 e. The van der Waals surface area contributed by atoms with Gasteiger partial charge in [0, 0.05) is 18.5 Å². The maximum absolute atomic E-state index is 11.8. The molecule has 0 fully saturated rings. The van der Waals surface area contributed by atoms with E-state index in [1.807, 2.05) is 12.1 Å². The number of nitrogens with zero attached hydrogens (tertiary/aromatic N) is 2. The SMILES string of the molecule is NCCc1ccc(C(=O)NCCc2ncno2)cc1. The molecule has 1 heterocycles. The summed E-state index contributed by atoms with van der Waals surface area (Å²) in [6, 6.07) is 7.43. The summed E-state index contributed by atoms with van der Waals surface area (Å²) in [5.74, 6) is 0.400.